The third-order valence-corrected chi connectivity index (χ3v) is 4.76. The molecule has 0 amide bonds. The van der Waals surface area contributed by atoms with E-state index in [2.05, 4.69) is 11.8 Å². The molecule has 0 aliphatic carbocycles. The Bertz CT molecular complexity index is 465. The molecule has 2 N–H and O–H groups in total. The highest BCUT2D eigenvalue weighted by Gasteiger charge is 2.27. The topological polar surface area (TPSA) is 64.8 Å². The molecule has 0 radical (unpaired) electrons. The molecular formula is C13H20N2O3S. The van der Waals surface area contributed by atoms with Crippen molar-refractivity contribution in [1.82, 2.24) is 0 Å². The van der Waals surface area contributed by atoms with Gasteiger partial charge in [0.2, 0.25) is 0 Å². The lowest BCUT2D eigenvalue weighted by atomic mass is 9.99. The molecule has 1 aromatic rings. The zero-order valence-corrected chi connectivity index (χ0v) is 12.4. The largest absolute Gasteiger partial charge is 0.492 e. The standard InChI is InChI=1S/C13H20N2O3S/c1-8-4-6-15(7-5-8)12-10(17-2)9(14)11(19-12)13(16)18-3/h8H,4-7,14H2,1-3H3. The molecule has 2 rings (SSSR count). The smallest absolute Gasteiger partial charge is 0.350 e. The molecule has 1 aliphatic heterocycles. The minimum absolute atomic E-state index is 0.382. The van der Waals surface area contributed by atoms with Crippen molar-refractivity contribution in [1.29, 1.82) is 0 Å². The molecule has 0 bridgehead atoms. The van der Waals surface area contributed by atoms with Gasteiger partial charge in [-0.3, -0.25) is 0 Å². The van der Waals surface area contributed by atoms with Gasteiger partial charge < -0.3 is 20.1 Å². The van der Waals surface area contributed by atoms with Crippen LogP contribution in [-0.2, 0) is 4.74 Å². The van der Waals surface area contributed by atoms with E-state index in [9.17, 15) is 4.79 Å². The number of nitrogen functional groups attached to an aromatic ring is 1. The number of thiophene rings is 1. The number of carbonyl (C=O) groups is 1. The molecule has 1 saturated heterocycles. The predicted octanol–water partition coefficient (Wildman–Crippen LogP) is 2.36. The van der Waals surface area contributed by atoms with Gasteiger partial charge in [0.1, 0.15) is 15.6 Å². The van der Waals surface area contributed by atoms with E-state index >= 15 is 0 Å². The van der Waals surface area contributed by atoms with Crippen LogP contribution in [0.5, 0.6) is 5.75 Å². The summed E-state index contributed by atoms with van der Waals surface area (Å²) >= 11 is 1.35. The van der Waals surface area contributed by atoms with Crippen LogP contribution in [0, 0.1) is 5.92 Å². The number of nitrogens with zero attached hydrogens (tertiary/aromatic N) is 1. The second kappa shape index (κ2) is 5.69. The Hall–Kier alpha value is -1.43. The number of nitrogens with two attached hydrogens (primary N) is 1. The van der Waals surface area contributed by atoms with Crippen molar-refractivity contribution in [3.63, 3.8) is 0 Å². The number of hydrogen-bond acceptors (Lipinski definition) is 6. The van der Waals surface area contributed by atoms with Crippen LogP contribution < -0.4 is 15.4 Å². The fourth-order valence-corrected chi connectivity index (χ4v) is 3.44. The highest BCUT2D eigenvalue weighted by molar-refractivity contribution is 7.19. The van der Waals surface area contributed by atoms with Gasteiger partial charge in [-0.15, -0.1) is 11.3 Å². The first-order chi connectivity index (χ1) is 9.08. The third kappa shape index (κ3) is 2.63. The lowest BCUT2D eigenvalue weighted by Gasteiger charge is -2.31. The number of ether oxygens (including phenoxy) is 2. The molecule has 0 atom stereocenters. The summed E-state index contributed by atoms with van der Waals surface area (Å²) in [6.07, 6.45) is 2.29. The number of carbonyl (C=O) groups excluding carboxylic acids is 1. The van der Waals surface area contributed by atoms with Gasteiger partial charge in [0.15, 0.2) is 5.75 Å². The maximum atomic E-state index is 11.7. The third-order valence-electron chi connectivity index (χ3n) is 3.53. The Morgan fingerprint density at radius 3 is 2.53 bits per heavy atom. The molecule has 0 saturated carbocycles. The van der Waals surface area contributed by atoms with Crippen molar-refractivity contribution < 1.29 is 14.3 Å². The van der Waals surface area contributed by atoms with Crippen molar-refractivity contribution >= 4 is 28.0 Å². The molecule has 5 nitrogen and oxygen atoms in total. The molecule has 0 unspecified atom stereocenters. The first-order valence-electron chi connectivity index (χ1n) is 6.38. The molecule has 106 valence electrons. The monoisotopic (exact) mass is 284 g/mol. The lowest BCUT2D eigenvalue weighted by Crippen LogP contribution is -2.32. The fraction of sp³-hybridized carbons (Fsp3) is 0.615. The summed E-state index contributed by atoms with van der Waals surface area (Å²) in [6.45, 7) is 4.20. The highest BCUT2D eigenvalue weighted by atomic mass is 32.1. The van der Waals surface area contributed by atoms with Crippen LogP contribution in [0.2, 0.25) is 0 Å². The first kappa shape index (κ1) is 14.0. The summed E-state index contributed by atoms with van der Waals surface area (Å²) in [5, 5.41) is 0.937. The van der Waals surface area contributed by atoms with Gasteiger partial charge in [-0.25, -0.2) is 4.79 Å². The minimum Gasteiger partial charge on any atom is -0.492 e. The Labute approximate surface area is 117 Å². The number of rotatable bonds is 3. The Balaban J connectivity index is 2.32. The van der Waals surface area contributed by atoms with Crippen molar-refractivity contribution in [2.24, 2.45) is 5.92 Å². The zero-order chi connectivity index (χ0) is 14.0. The van der Waals surface area contributed by atoms with E-state index in [1.807, 2.05) is 0 Å². The summed E-state index contributed by atoms with van der Waals surface area (Å²) < 4.78 is 10.1. The summed E-state index contributed by atoms with van der Waals surface area (Å²) in [5.41, 5.74) is 6.37. The van der Waals surface area contributed by atoms with Crippen molar-refractivity contribution in [2.75, 3.05) is 37.9 Å². The summed E-state index contributed by atoms with van der Waals surface area (Å²) in [7, 11) is 2.94. The zero-order valence-electron chi connectivity index (χ0n) is 11.6. The van der Waals surface area contributed by atoms with E-state index in [0.29, 0.717) is 16.3 Å². The average Bonchev–Trinajstić information content (AvgIpc) is 2.75. The Kier molecular flexibility index (Phi) is 4.19. The number of piperidine rings is 1. The SMILES string of the molecule is COC(=O)c1sc(N2CCC(C)CC2)c(OC)c1N. The number of esters is 1. The summed E-state index contributed by atoms with van der Waals surface area (Å²) in [6, 6.07) is 0. The lowest BCUT2D eigenvalue weighted by molar-refractivity contribution is 0.0607. The Morgan fingerprint density at radius 1 is 1.37 bits per heavy atom. The number of anilines is 2. The molecule has 1 aliphatic rings. The van der Waals surface area contributed by atoms with Crippen molar-refractivity contribution in [2.45, 2.75) is 19.8 Å². The van der Waals surface area contributed by atoms with E-state index in [-0.39, 0.29) is 0 Å². The van der Waals surface area contributed by atoms with Crippen molar-refractivity contribution in [3.05, 3.63) is 4.88 Å². The normalized spacial score (nSPS) is 16.5. The van der Waals surface area contributed by atoms with Crippen LogP contribution >= 0.6 is 11.3 Å². The van der Waals surface area contributed by atoms with Gasteiger partial charge in [-0.2, -0.15) is 0 Å². The maximum Gasteiger partial charge on any atom is 0.350 e. The number of hydrogen-bond donors (Lipinski definition) is 1. The van der Waals surface area contributed by atoms with E-state index in [1.165, 1.54) is 18.4 Å². The Morgan fingerprint density at radius 2 is 2.00 bits per heavy atom. The molecule has 19 heavy (non-hydrogen) atoms. The predicted molar refractivity (Wildman–Crippen MR) is 77.2 cm³/mol. The van der Waals surface area contributed by atoms with Gasteiger partial charge in [-0.1, -0.05) is 6.92 Å². The van der Waals surface area contributed by atoms with Gasteiger partial charge in [0.05, 0.1) is 14.2 Å². The van der Waals surface area contributed by atoms with Crippen LogP contribution in [0.4, 0.5) is 10.7 Å². The molecule has 6 heteroatoms. The second-order valence-corrected chi connectivity index (χ2v) is 5.84. The van der Waals surface area contributed by atoms with Crippen LogP contribution in [0.15, 0.2) is 0 Å². The minimum atomic E-state index is -0.405. The van der Waals surface area contributed by atoms with Crippen molar-refractivity contribution in [3.8, 4) is 5.75 Å². The average molecular weight is 284 g/mol. The maximum absolute atomic E-state index is 11.7. The van der Waals surface area contributed by atoms with Crippen LogP contribution in [0.3, 0.4) is 0 Å². The second-order valence-electron chi connectivity index (χ2n) is 4.84. The molecule has 0 spiro atoms. The van der Waals surface area contributed by atoms with Crippen LogP contribution in [-0.4, -0.2) is 33.3 Å². The first-order valence-corrected chi connectivity index (χ1v) is 7.19. The van der Waals surface area contributed by atoms with Gasteiger partial charge in [-0.05, 0) is 18.8 Å². The fourth-order valence-electron chi connectivity index (χ4n) is 2.28. The van der Waals surface area contributed by atoms with E-state index in [0.717, 1.165) is 36.9 Å². The van der Waals surface area contributed by atoms with Gasteiger partial charge in [0.25, 0.3) is 0 Å². The summed E-state index contributed by atoms with van der Waals surface area (Å²) in [4.78, 5) is 14.4. The van der Waals surface area contributed by atoms with Crippen LogP contribution in [0.25, 0.3) is 0 Å². The van der Waals surface area contributed by atoms with Crippen LogP contribution in [0.1, 0.15) is 29.4 Å². The van der Waals surface area contributed by atoms with E-state index < -0.39 is 5.97 Å². The molecule has 2 heterocycles. The van der Waals surface area contributed by atoms with Gasteiger partial charge >= 0.3 is 5.97 Å². The van der Waals surface area contributed by atoms with E-state index in [1.54, 1.807) is 7.11 Å². The van der Waals surface area contributed by atoms with Gasteiger partial charge in [0, 0.05) is 13.1 Å². The molecule has 1 fully saturated rings. The summed E-state index contributed by atoms with van der Waals surface area (Å²) in [5.74, 6) is 0.942. The quantitative estimate of drug-likeness (QED) is 0.863. The molecule has 1 aromatic heterocycles. The van der Waals surface area contributed by atoms with E-state index in [4.69, 9.17) is 15.2 Å². The molecular weight excluding hydrogens is 264 g/mol. The molecule has 0 aromatic carbocycles. The number of methoxy groups -OCH3 is 2. The highest BCUT2D eigenvalue weighted by Crippen LogP contribution is 2.45.